The van der Waals surface area contributed by atoms with Crippen LogP contribution < -0.4 is 14.3 Å². The Labute approximate surface area is 247 Å². The van der Waals surface area contributed by atoms with Crippen molar-refractivity contribution in [1.82, 2.24) is 0 Å². The lowest BCUT2D eigenvalue weighted by Crippen LogP contribution is -2.31. The van der Waals surface area contributed by atoms with Crippen LogP contribution in [0.2, 0.25) is 0 Å². The molecular weight excluding hydrogens is 600 g/mol. The van der Waals surface area contributed by atoms with Crippen molar-refractivity contribution < 1.29 is 56.6 Å². The first kappa shape index (κ1) is 28.4. The highest BCUT2D eigenvalue weighted by molar-refractivity contribution is 7.81. The van der Waals surface area contributed by atoms with Crippen molar-refractivity contribution in [2.45, 2.75) is 12.0 Å². The van der Waals surface area contributed by atoms with E-state index in [4.69, 9.17) is 13.3 Å². The predicted octanol–water partition coefficient (Wildman–Crippen LogP) is 4.27. The molecule has 13 nitrogen and oxygen atoms in total. The predicted molar refractivity (Wildman–Crippen MR) is 152 cm³/mol. The Hall–Kier alpha value is -5.73. The van der Waals surface area contributed by atoms with Gasteiger partial charge in [-0.2, -0.15) is 8.42 Å². The first-order chi connectivity index (χ1) is 20.8. The number of ether oxygens (including phenoxy) is 1. The average Bonchev–Trinajstić information content (AvgIpc) is 2.93. The number of carbonyl (C=O) groups excluding carboxylic acids is 1. The molecule has 4 aromatic carbocycles. The van der Waals surface area contributed by atoms with Crippen LogP contribution in [0.25, 0.3) is 22.3 Å². The molecule has 0 saturated heterocycles. The molecule has 0 radical (unpaired) electrons. The summed E-state index contributed by atoms with van der Waals surface area (Å²) < 4.78 is 50.4. The fourth-order valence-corrected chi connectivity index (χ4v) is 5.55. The summed E-state index contributed by atoms with van der Waals surface area (Å²) in [5.74, 6) is -5.95. The molecule has 6 rings (SSSR count). The molecule has 224 valence electrons. The van der Waals surface area contributed by atoms with E-state index in [1.807, 2.05) is 0 Å². The largest absolute Gasteiger partial charge is 0.508 e. The Morgan fingerprint density at radius 1 is 0.750 bits per heavy atom. The Bertz CT molecular complexity index is 2130. The number of fused-ring (bicyclic) bond motifs is 2. The van der Waals surface area contributed by atoms with Crippen LogP contribution in [0.3, 0.4) is 0 Å². The number of hydrogen-bond acceptors (Lipinski definition) is 12. The Kier molecular flexibility index (Phi) is 6.59. The van der Waals surface area contributed by atoms with Crippen molar-refractivity contribution >= 4 is 27.2 Å². The number of phenols is 5. The van der Waals surface area contributed by atoms with Crippen molar-refractivity contribution in [1.29, 1.82) is 0 Å². The summed E-state index contributed by atoms with van der Waals surface area (Å²) in [5.41, 5.74) is -1.72. The van der Waals surface area contributed by atoms with Gasteiger partial charge in [0, 0.05) is 29.8 Å². The number of phenolic OH excluding ortho intramolecular Hbond substituents is 5. The molecule has 0 amide bonds. The van der Waals surface area contributed by atoms with Crippen LogP contribution in [0.5, 0.6) is 40.2 Å². The Balaban J connectivity index is 1.73. The zero-order chi connectivity index (χ0) is 31.5. The fourth-order valence-electron chi connectivity index (χ4n) is 5.19. The minimum Gasteiger partial charge on any atom is -0.508 e. The van der Waals surface area contributed by atoms with Crippen LogP contribution in [-0.4, -0.2) is 44.3 Å². The van der Waals surface area contributed by atoms with Gasteiger partial charge in [0.15, 0.2) is 17.0 Å². The van der Waals surface area contributed by atoms with Crippen LogP contribution in [0, 0.1) is 0 Å². The van der Waals surface area contributed by atoms with Gasteiger partial charge >= 0.3 is 10.4 Å². The zero-order valence-electron chi connectivity index (χ0n) is 22.0. The van der Waals surface area contributed by atoms with Gasteiger partial charge in [0.05, 0.1) is 11.5 Å². The second kappa shape index (κ2) is 10.2. The minimum atomic E-state index is -5.31. The maximum Gasteiger partial charge on any atom is 0.446 e. The van der Waals surface area contributed by atoms with E-state index in [0.717, 1.165) is 18.2 Å². The van der Waals surface area contributed by atoms with Gasteiger partial charge < -0.3 is 38.9 Å². The summed E-state index contributed by atoms with van der Waals surface area (Å²) in [6, 6.07) is 14.5. The van der Waals surface area contributed by atoms with Crippen molar-refractivity contribution in [2.75, 3.05) is 0 Å². The van der Waals surface area contributed by atoms with Crippen LogP contribution in [0.1, 0.15) is 33.5 Å². The molecule has 1 aromatic heterocycles. The van der Waals surface area contributed by atoms with Gasteiger partial charge in [-0.1, -0.05) is 12.1 Å². The van der Waals surface area contributed by atoms with Gasteiger partial charge in [0.25, 0.3) is 0 Å². The Morgan fingerprint density at radius 3 is 2.02 bits per heavy atom. The highest BCUT2D eigenvalue weighted by atomic mass is 32.3. The first-order valence-electron chi connectivity index (χ1n) is 12.7. The van der Waals surface area contributed by atoms with Gasteiger partial charge in [-0.25, -0.2) is 0 Å². The van der Waals surface area contributed by atoms with Gasteiger partial charge in [-0.05, 0) is 42.0 Å². The monoisotopic (exact) mass is 620 g/mol. The maximum atomic E-state index is 14.3. The molecular formula is C30H20O13S. The van der Waals surface area contributed by atoms with Crippen LogP contribution in [-0.2, 0) is 10.4 Å². The van der Waals surface area contributed by atoms with Crippen molar-refractivity contribution in [3.8, 4) is 51.6 Å². The molecule has 0 bridgehead atoms. The van der Waals surface area contributed by atoms with Crippen LogP contribution >= 0.6 is 0 Å². The fraction of sp³-hybridized carbons (Fsp3) is 0.0667. The normalized spacial score (nSPS) is 16.3. The third kappa shape index (κ3) is 4.97. The van der Waals surface area contributed by atoms with Gasteiger partial charge in [0.1, 0.15) is 62.9 Å². The lowest BCUT2D eigenvalue weighted by Gasteiger charge is -2.34. The van der Waals surface area contributed by atoms with Gasteiger partial charge in [-0.15, -0.1) is 0 Å². The lowest BCUT2D eigenvalue weighted by molar-refractivity contribution is 0.0773. The molecule has 2 atom stereocenters. The lowest BCUT2D eigenvalue weighted by atomic mass is 9.79. The molecule has 14 heteroatoms. The molecule has 2 heterocycles. The quantitative estimate of drug-likeness (QED) is 0.151. The molecule has 2 unspecified atom stereocenters. The smallest absolute Gasteiger partial charge is 0.446 e. The molecule has 5 aromatic rings. The van der Waals surface area contributed by atoms with E-state index in [1.54, 1.807) is 0 Å². The number of hydrogen-bond donors (Lipinski definition) is 6. The second-order valence-electron chi connectivity index (χ2n) is 9.85. The topological polar surface area (TPSA) is 221 Å². The highest BCUT2D eigenvalue weighted by Gasteiger charge is 2.45. The van der Waals surface area contributed by atoms with E-state index in [2.05, 4.69) is 0 Å². The molecule has 44 heavy (non-hydrogen) atoms. The third-order valence-corrected chi connectivity index (χ3v) is 7.40. The zero-order valence-corrected chi connectivity index (χ0v) is 22.8. The summed E-state index contributed by atoms with van der Waals surface area (Å²) >= 11 is 0. The molecule has 6 N–H and O–H groups in total. The third-order valence-electron chi connectivity index (χ3n) is 7.01. The molecule has 1 aliphatic heterocycles. The molecule has 0 aliphatic carbocycles. The number of aromatic hydroxyl groups is 5. The SMILES string of the molecule is O=C1c2c(O)cc(O)cc2OC(c2ccc(O)cc2)C1c1c(OS(=O)(=O)O)cc(O)c2c(=O)cc(-c3ccc(O)cc3)oc12. The summed E-state index contributed by atoms with van der Waals surface area (Å²) in [7, 11) is -5.31. The molecule has 0 fully saturated rings. The van der Waals surface area contributed by atoms with Crippen LogP contribution in [0.15, 0.2) is 82.0 Å². The number of benzene rings is 4. The second-order valence-corrected chi connectivity index (χ2v) is 10.9. The molecule has 0 saturated carbocycles. The molecule has 0 spiro atoms. The number of carbonyl (C=O) groups is 1. The van der Waals surface area contributed by atoms with E-state index in [-0.39, 0.29) is 34.1 Å². The van der Waals surface area contributed by atoms with Gasteiger partial charge in [-0.3, -0.25) is 14.1 Å². The highest BCUT2D eigenvalue weighted by Crippen LogP contribution is 2.52. The van der Waals surface area contributed by atoms with Crippen molar-refractivity contribution in [3.63, 3.8) is 0 Å². The summed E-state index contributed by atoms with van der Waals surface area (Å²) in [6.45, 7) is 0. The van der Waals surface area contributed by atoms with Crippen molar-refractivity contribution in [3.05, 3.63) is 99.7 Å². The summed E-state index contributed by atoms with van der Waals surface area (Å²) in [5, 5.41) is 50.6. The Morgan fingerprint density at radius 2 is 1.39 bits per heavy atom. The van der Waals surface area contributed by atoms with Crippen LogP contribution in [0.4, 0.5) is 0 Å². The van der Waals surface area contributed by atoms with E-state index in [1.165, 1.54) is 48.5 Å². The van der Waals surface area contributed by atoms with E-state index in [0.29, 0.717) is 6.07 Å². The van der Waals surface area contributed by atoms with E-state index >= 15 is 0 Å². The first-order valence-corrected chi connectivity index (χ1v) is 14.0. The molecule has 1 aliphatic rings. The van der Waals surface area contributed by atoms with E-state index < -0.39 is 78.7 Å². The number of rotatable bonds is 5. The number of Topliss-reactive ketones (excluding diaryl/α,β-unsaturated/α-hetero) is 1. The van der Waals surface area contributed by atoms with E-state index in [9.17, 15) is 48.1 Å². The standard InChI is InChI=1S/C30H20O13S/c31-15-5-1-13(2-6-15)21-11-19(35)24-20(36)12-23(43-44(38,39)40)26(30(24)41-21)27-28(37)25-18(34)9-17(33)10-22(25)42-29(27)14-3-7-16(32)8-4-14/h1-12,27,29,31-34,36H,(H,38,39,40). The van der Waals surface area contributed by atoms with Crippen molar-refractivity contribution in [2.24, 2.45) is 0 Å². The summed E-state index contributed by atoms with van der Waals surface area (Å²) in [4.78, 5) is 27.6. The average molecular weight is 621 g/mol. The maximum absolute atomic E-state index is 14.3. The summed E-state index contributed by atoms with van der Waals surface area (Å²) in [6.07, 6.45) is -1.41. The van der Waals surface area contributed by atoms with Gasteiger partial charge in [0.2, 0.25) is 0 Å². The number of ketones is 1. The minimum absolute atomic E-state index is 0.0924.